The van der Waals surface area contributed by atoms with Crippen LogP contribution in [0.5, 0.6) is 0 Å². The second-order valence-electron chi connectivity index (χ2n) is 4.43. The molecule has 0 atom stereocenters. The molecule has 1 saturated carbocycles. The molecule has 0 aliphatic heterocycles. The second kappa shape index (κ2) is 5.58. The van der Waals surface area contributed by atoms with Crippen molar-refractivity contribution in [1.29, 1.82) is 0 Å². The van der Waals surface area contributed by atoms with Crippen molar-refractivity contribution in [2.24, 2.45) is 0 Å². The topological polar surface area (TPSA) is 49.4 Å². The Morgan fingerprint density at radius 3 is 2.78 bits per heavy atom. The van der Waals surface area contributed by atoms with Crippen molar-refractivity contribution in [2.75, 3.05) is 13.6 Å². The molecule has 0 bridgehead atoms. The zero-order valence-corrected chi connectivity index (χ0v) is 13.7. The standard InChI is InChI=1S/C11H17BrN2O2S2/c1-3-14(2)18(15,16)10-6-9(17-11(10)12)7-13-8-4-5-8/h6,8,13H,3-5,7H2,1-2H3. The van der Waals surface area contributed by atoms with Crippen molar-refractivity contribution < 1.29 is 8.42 Å². The van der Waals surface area contributed by atoms with E-state index in [2.05, 4.69) is 21.2 Å². The minimum absolute atomic E-state index is 0.379. The highest BCUT2D eigenvalue weighted by molar-refractivity contribution is 9.11. The number of sulfonamides is 1. The number of hydrogen-bond acceptors (Lipinski definition) is 4. The van der Waals surface area contributed by atoms with E-state index < -0.39 is 10.0 Å². The molecule has 1 fully saturated rings. The van der Waals surface area contributed by atoms with Gasteiger partial charge in [-0.1, -0.05) is 6.92 Å². The maximum absolute atomic E-state index is 12.2. The largest absolute Gasteiger partial charge is 0.309 e. The van der Waals surface area contributed by atoms with Gasteiger partial charge in [-0.25, -0.2) is 12.7 Å². The van der Waals surface area contributed by atoms with Gasteiger partial charge in [-0.2, -0.15) is 0 Å². The van der Waals surface area contributed by atoms with Crippen molar-refractivity contribution in [3.63, 3.8) is 0 Å². The molecule has 0 aromatic carbocycles. The molecule has 18 heavy (non-hydrogen) atoms. The van der Waals surface area contributed by atoms with Crippen LogP contribution in [-0.2, 0) is 16.6 Å². The van der Waals surface area contributed by atoms with Crippen LogP contribution >= 0.6 is 27.3 Å². The Hall–Kier alpha value is 0.0500. The maximum atomic E-state index is 12.2. The van der Waals surface area contributed by atoms with Crippen LogP contribution in [0.4, 0.5) is 0 Å². The summed E-state index contributed by atoms with van der Waals surface area (Å²) in [5.74, 6) is 0. The number of nitrogens with one attached hydrogen (secondary N) is 1. The number of nitrogens with zero attached hydrogens (tertiary/aromatic N) is 1. The van der Waals surface area contributed by atoms with Crippen molar-refractivity contribution >= 4 is 37.3 Å². The summed E-state index contributed by atoms with van der Waals surface area (Å²) in [5.41, 5.74) is 0. The van der Waals surface area contributed by atoms with E-state index in [1.807, 2.05) is 6.92 Å². The third kappa shape index (κ3) is 3.14. The van der Waals surface area contributed by atoms with Gasteiger partial charge < -0.3 is 5.32 Å². The Balaban J connectivity index is 2.17. The summed E-state index contributed by atoms with van der Waals surface area (Å²) in [6.07, 6.45) is 2.46. The zero-order chi connectivity index (χ0) is 13.3. The SMILES string of the molecule is CCN(C)S(=O)(=O)c1cc(CNC2CC2)sc1Br. The third-order valence-corrected chi connectivity index (χ3v) is 7.17. The first kappa shape index (κ1) is 14.5. The molecule has 1 aliphatic carbocycles. The van der Waals surface area contributed by atoms with Gasteiger partial charge in [-0.05, 0) is 34.8 Å². The molecule has 0 saturated heterocycles. The average molecular weight is 353 g/mol. The highest BCUT2D eigenvalue weighted by atomic mass is 79.9. The van der Waals surface area contributed by atoms with Gasteiger partial charge in [0.2, 0.25) is 10.0 Å². The van der Waals surface area contributed by atoms with Crippen molar-refractivity contribution in [2.45, 2.75) is 37.2 Å². The molecule has 1 aromatic rings. The van der Waals surface area contributed by atoms with E-state index in [4.69, 9.17) is 0 Å². The minimum Gasteiger partial charge on any atom is -0.309 e. The summed E-state index contributed by atoms with van der Waals surface area (Å²) in [6, 6.07) is 2.40. The Morgan fingerprint density at radius 2 is 2.22 bits per heavy atom. The van der Waals surface area contributed by atoms with Gasteiger partial charge in [-0.15, -0.1) is 11.3 Å². The Bertz CT molecular complexity index is 523. The zero-order valence-electron chi connectivity index (χ0n) is 10.4. The monoisotopic (exact) mass is 352 g/mol. The van der Waals surface area contributed by atoms with E-state index in [0.717, 1.165) is 11.4 Å². The van der Waals surface area contributed by atoms with Crippen LogP contribution in [0.25, 0.3) is 0 Å². The second-order valence-corrected chi connectivity index (χ2v) is 8.89. The van der Waals surface area contributed by atoms with Gasteiger partial charge in [0.1, 0.15) is 4.90 Å². The number of hydrogen-bond donors (Lipinski definition) is 1. The van der Waals surface area contributed by atoms with Crippen LogP contribution in [0, 0.1) is 0 Å². The third-order valence-electron chi connectivity index (χ3n) is 2.98. The molecular weight excluding hydrogens is 336 g/mol. The van der Waals surface area contributed by atoms with Gasteiger partial charge in [0, 0.05) is 31.1 Å². The molecular formula is C11H17BrN2O2S2. The first-order valence-electron chi connectivity index (χ1n) is 5.93. The van der Waals surface area contributed by atoms with E-state index in [-0.39, 0.29) is 0 Å². The molecule has 1 N–H and O–H groups in total. The van der Waals surface area contributed by atoms with Gasteiger partial charge in [0.05, 0.1) is 3.79 Å². The average Bonchev–Trinajstić information content (AvgIpc) is 3.08. The van der Waals surface area contributed by atoms with E-state index in [0.29, 0.717) is 21.3 Å². The molecule has 4 nitrogen and oxygen atoms in total. The smallest absolute Gasteiger partial charge is 0.244 e. The first-order chi connectivity index (χ1) is 8.45. The van der Waals surface area contributed by atoms with Crippen LogP contribution in [0.3, 0.4) is 0 Å². The van der Waals surface area contributed by atoms with E-state index >= 15 is 0 Å². The van der Waals surface area contributed by atoms with Crippen LogP contribution in [0.2, 0.25) is 0 Å². The van der Waals surface area contributed by atoms with E-state index in [9.17, 15) is 8.42 Å². The predicted molar refractivity (Wildman–Crippen MR) is 77.4 cm³/mol. The normalized spacial score (nSPS) is 16.4. The summed E-state index contributed by atoms with van der Waals surface area (Å²) in [6.45, 7) is 3.05. The van der Waals surface area contributed by atoms with Crippen LogP contribution < -0.4 is 5.32 Å². The first-order valence-corrected chi connectivity index (χ1v) is 8.98. The Kier molecular flexibility index (Phi) is 4.48. The Labute approximate surface area is 121 Å². The minimum atomic E-state index is -3.35. The number of halogens is 1. The molecule has 2 rings (SSSR count). The van der Waals surface area contributed by atoms with Gasteiger partial charge in [0.15, 0.2) is 0 Å². The van der Waals surface area contributed by atoms with Crippen LogP contribution in [0.15, 0.2) is 14.7 Å². The number of rotatable bonds is 6. The molecule has 0 unspecified atom stereocenters. The van der Waals surface area contributed by atoms with Gasteiger partial charge in [-0.3, -0.25) is 0 Å². The highest BCUT2D eigenvalue weighted by Gasteiger charge is 2.25. The molecule has 0 radical (unpaired) electrons. The summed E-state index contributed by atoms with van der Waals surface area (Å²) in [5, 5.41) is 3.39. The number of thiophene rings is 1. The predicted octanol–water partition coefficient (Wildman–Crippen LogP) is 2.40. The molecule has 102 valence electrons. The van der Waals surface area contributed by atoms with E-state index in [1.165, 1.54) is 28.5 Å². The molecule has 1 aromatic heterocycles. The van der Waals surface area contributed by atoms with Crippen LogP contribution in [0.1, 0.15) is 24.6 Å². The lowest BCUT2D eigenvalue weighted by Crippen LogP contribution is -2.26. The Morgan fingerprint density at radius 1 is 1.56 bits per heavy atom. The highest BCUT2D eigenvalue weighted by Crippen LogP contribution is 2.33. The molecule has 7 heteroatoms. The lowest BCUT2D eigenvalue weighted by Gasteiger charge is -2.13. The van der Waals surface area contributed by atoms with E-state index in [1.54, 1.807) is 13.1 Å². The molecule has 1 heterocycles. The van der Waals surface area contributed by atoms with Crippen molar-refractivity contribution in [3.05, 3.63) is 14.7 Å². The fraction of sp³-hybridized carbons (Fsp3) is 0.636. The fourth-order valence-electron chi connectivity index (χ4n) is 1.53. The maximum Gasteiger partial charge on any atom is 0.244 e. The van der Waals surface area contributed by atoms with Crippen molar-refractivity contribution in [1.82, 2.24) is 9.62 Å². The summed E-state index contributed by atoms with van der Waals surface area (Å²) in [7, 11) is -1.75. The summed E-state index contributed by atoms with van der Waals surface area (Å²) < 4.78 is 26.5. The fourth-order valence-corrected chi connectivity index (χ4v) is 5.29. The molecule has 1 aliphatic rings. The van der Waals surface area contributed by atoms with Crippen LogP contribution in [-0.4, -0.2) is 32.4 Å². The summed E-state index contributed by atoms with van der Waals surface area (Å²) in [4.78, 5) is 1.43. The quantitative estimate of drug-likeness (QED) is 0.855. The van der Waals surface area contributed by atoms with Gasteiger partial charge in [0.25, 0.3) is 0 Å². The summed E-state index contributed by atoms with van der Waals surface area (Å²) >= 11 is 4.85. The molecule has 0 spiro atoms. The van der Waals surface area contributed by atoms with Gasteiger partial charge >= 0.3 is 0 Å². The molecule has 0 amide bonds. The van der Waals surface area contributed by atoms with Crippen molar-refractivity contribution in [3.8, 4) is 0 Å². The lowest BCUT2D eigenvalue weighted by molar-refractivity contribution is 0.486. The lowest BCUT2D eigenvalue weighted by atomic mass is 10.4.